The van der Waals surface area contributed by atoms with Gasteiger partial charge in [-0.1, -0.05) is 0 Å². The molecule has 6 heteroatoms. The number of thiophene rings is 1. The Labute approximate surface area is 76.9 Å². The second kappa shape index (κ2) is 3.22. The highest BCUT2D eigenvalue weighted by atomic mass is 79.9. The van der Waals surface area contributed by atoms with E-state index in [-0.39, 0.29) is 5.75 Å². The zero-order valence-corrected chi connectivity index (χ0v) is 8.54. The van der Waals surface area contributed by atoms with Gasteiger partial charge in [0.2, 0.25) is 0 Å². The zero-order valence-electron chi connectivity index (χ0n) is 5.32. The van der Waals surface area contributed by atoms with Crippen LogP contribution >= 0.6 is 27.3 Å². The molecule has 0 atom stereocenters. The molecule has 62 valence electrons. The first-order valence-electron chi connectivity index (χ1n) is 2.66. The van der Waals surface area contributed by atoms with E-state index in [4.69, 9.17) is 4.55 Å². The molecule has 0 aliphatic heterocycles. The molecule has 0 aliphatic rings. The third-order valence-electron chi connectivity index (χ3n) is 1.03. The summed E-state index contributed by atoms with van der Waals surface area (Å²) in [6.45, 7) is 0. The Balaban J connectivity index is 2.89. The maximum absolute atomic E-state index is 10.4. The van der Waals surface area contributed by atoms with Gasteiger partial charge >= 0.3 is 0 Å². The molecule has 0 unspecified atom stereocenters. The van der Waals surface area contributed by atoms with Crippen LogP contribution < -0.4 is 0 Å². The van der Waals surface area contributed by atoms with Crippen molar-refractivity contribution < 1.29 is 13.0 Å². The van der Waals surface area contributed by atoms with Crippen LogP contribution in [0.25, 0.3) is 0 Å². The second-order valence-corrected chi connectivity index (χ2v) is 5.63. The van der Waals surface area contributed by atoms with Crippen LogP contribution in [0.1, 0.15) is 5.56 Å². The largest absolute Gasteiger partial charge is 0.285 e. The molecular formula is C5H5BrO3S2. The summed E-state index contributed by atoms with van der Waals surface area (Å²) < 4.78 is 30.0. The predicted octanol–water partition coefficient (Wildman–Crippen LogP) is 1.90. The number of rotatable bonds is 2. The summed E-state index contributed by atoms with van der Waals surface area (Å²) in [5.74, 6) is -0.322. The summed E-state index contributed by atoms with van der Waals surface area (Å²) in [6.07, 6.45) is 0. The zero-order chi connectivity index (χ0) is 8.48. The molecule has 0 spiro atoms. The van der Waals surface area contributed by atoms with Gasteiger partial charge in [0.1, 0.15) is 5.75 Å². The van der Waals surface area contributed by atoms with Crippen molar-refractivity contribution in [1.82, 2.24) is 0 Å². The molecule has 1 rings (SSSR count). The van der Waals surface area contributed by atoms with Crippen LogP contribution in [0.15, 0.2) is 15.2 Å². The Hall–Kier alpha value is 0.0900. The van der Waals surface area contributed by atoms with Gasteiger partial charge in [-0.05, 0) is 32.9 Å². The summed E-state index contributed by atoms with van der Waals surface area (Å²) in [4.78, 5) is 0. The minimum Gasteiger partial charge on any atom is -0.285 e. The average Bonchev–Trinajstić information content (AvgIpc) is 2.12. The molecule has 0 aliphatic carbocycles. The lowest BCUT2D eigenvalue weighted by Gasteiger charge is -1.93. The van der Waals surface area contributed by atoms with Crippen molar-refractivity contribution in [2.45, 2.75) is 5.75 Å². The second-order valence-electron chi connectivity index (χ2n) is 1.95. The van der Waals surface area contributed by atoms with Crippen molar-refractivity contribution in [3.63, 3.8) is 0 Å². The molecule has 0 saturated carbocycles. The van der Waals surface area contributed by atoms with Crippen molar-refractivity contribution >= 4 is 37.4 Å². The molecule has 1 aromatic rings. The van der Waals surface area contributed by atoms with Crippen LogP contribution in [0.4, 0.5) is 0 Å². The van der Waals surface area contributed by atoms with Crippen LogP contribution in [-0.2, 0) is 15.9 Å². The van der Waals surface area contributed by atoms with Crippen molar-refractivity contribution in [1.29, 1.82) is 0 Å². The maximum Gasteiger partial charge on any atom is 0.269 e. The van der Waals surface area contributed by atoms with E-state index in [1.165, 1.54) is 11.3 Å². The highest BCUT2D eigenvalue weighted by Crippen LogP contribution is 2.24. The van der Waals surface area contributed by atoms with E-state index < -0.39 is 10.1 Å². The molecule has 0 saturated heterocycles. The van der Waals surface area contributed by atoms with Crippen molar-refractivity contribution in [2.75, 3.05) is 0 Å². The van der Waals surface area contributed by atoms with Crippen LogP contribution in [0.2, 0.25) is 0 Å². The van der Waals surface area contributed by atoms with Gasteiger partial charge in [0.15, 0.2) is 0 Å². The molecule has 0 bridgehead atoms. The van der Waals surface area contributed by atoms with Crippen molar-refractivity contribution in [3.8, 4) is 0 Å². The van der Waals surface area contributed by atoms with Crippen LogP contribution in [-0.4, -0.2) is 13.0 Å². The van der Waals surface area contributed by atoms with Crippen LogP contribution in [0.5, 0.6) is 0 Å². The lowest BCUT2D eigenvalue weighted by atomic mass is 10.4. The monoisotopic (exact) mass is 256 g/mol. The lowest BCUT2D eigenvalue weighted by Crippen LogP contribution is -2.00. The highest BCUT2D eigenvalue weighted by Gasteiger charge is 2.09. The minimum absolute atomic E-state index is 0.322. The first-order valence-corrected chi connectivity index (χ1v) is 5.94. The first kappa shape index (κ1) is 9.18. The maximum atomic E-state index is 10.4. The molecule has 0 amide bonds. The van der Waals surface area contributed by atoms with E-state index in [0.717, 1.165) is 3.79 Å². The van der Waals surface area contributed by atoms with Crippen LogP contribution in [0, 0.1) is 0 Å². The van der Waals surface area contributed by atoms with Gasteiger partial charge < -0.3 is 0 Å². The molecule has 11 heavy (non-hydrogen) atoms. The van der Waals surface area contributed by atoms with Gasteiger partial charge in [-0.3, -0.25) is 4.55 Å². The van der Waals surface area contributed by atoms with E-state index in [1.54, 1.807) is 11.4 Å². The Morgan fingerprint density at radius 1 is 1.64 bits per heavy atom. The number of hydrogen-bond acceptors (Lipinski definition) is 3. The SMILES string of the molecule is O=S(=O)(O)Cc1ccsc1Br. The highest BCUT2D eigenvalue weighted by molar-refractivity contribution is 9.11. The number of halogens is 1. The molecule has 1 heterocycles. The average molecular weight is 257 g/mol. The van der Waals surface area contributed by atoms with E-state index in [1.807, 2.05) is 0 Å². The third-order valence-corrected chi connectivity index (χ3v) is 3.52. The Morgan fingerprint density at radius 3 is 2.64 bits per heavy atom. The normalized spacial score (nSPS) is 11.8. The molecule has 0 aromatic carbocycles. The van der Waals surface area contributed by atoms with Gasteiger partial charge in [-0.25, -0.2) is 0 Å². The smallest absolute Gasteiger partial charge is 0.269 e. The predicted molar refractivity (Wildman–Crippen MR) is 47.3 cm³/mol. The van der Waals surface area contributed by atoms with Crippen LogP contribution in [0.3, 0.4) is 0 Å². The minimum atomic E-state index is -3.89. The van der Waals surface area contributed by atoms with E-state index in [2.05, 4.69) is 15.9 Å². The Bertz CT molecular complexity index is 340. The Morgan fingerprint density at radius 2 is 2.27 bits per heavy atom. The van der Waals surface area contributed by atoms with E-state index in [9.17, 15) is 8.42 Å². The fraction of sp³-hybridized carbons (Fsp3) is 0.200. The molecular weight excluding hydrogens is 252 g/mol. The topological polar surface area (TPSA) is 54.4 Å². The lowest BCUT2D eigenvalue weighted by molar-refractivity contribution is 0.482. The molecule has 1 aromatic heterocycles. The molecule has 0 radical (unpaired) electrons. The van der Waals surface area contributed by atoms with E-state index >= 15 is 0 Å². The third kappa shape index (κ3) is 2.90. The number of hydrogen-bond donors (Lipinski definition) is 1. The quantitative estimate of drug-likeness (QED) is 0.823. The summed E-state index contributed by atoms with van der Waals surface area (Å²) in [5.41, 5.74) is 0.595. The van der Waals surface area contributed by atoms with Crippen molar-refractivity contribution in [3.05, 3.63) is 20.8 Å². The molecule has 0 fully saturated rings. The Kier molecular flexibility index (Phi) is 2.69. The molecule has 3 nitrogen and oxygen atoms in total. The van der Waals surface area contributed by atoms with Gasteiger partial charge in [-0.15, -0.1) is 11.3 Å². The van der Waals surface area contributed by atoms with Gasteiger partial charge in [0, 0.05) is 0 Å². The van der Waals surface area contributed by atoms with Crippen molar-refractivity contribution in [2.24, 2.45) is 0 Å². The molecule has 1 N–H and O–H groups in total. The standard InChI is InChI=1S/C5H5BrO3S2/c6-5-4(1-2-10-5)3-11(7,8)9/h1-2H,3H2,(H,7,8,9). The summed E-state index contributed by atoms with van der Waals surface area (Å²) in [7, 11) is -3.89. The fourth-order valence-corrected chi connectivity index (χ4v) is 2.77. The first-order chi connectivity index (χ1) is 4.99. The van der Waals surface area contributed by atoms with Gasteiger partial charge in [0.25, 0.3) is 10.1 Å². The summed E-state index contributed by atoms with van der Waals surface area (Å²) >= 11 is 4.55. The summed E-state index contributed by atoms with van der Waals surface area (Å²) in [5, 5.41) is 1.75. The fourth-order valence-electron chi connectivity index (χ4n) is 0.618. The summed E-state index contributed by atoms with van der Waals surface area (Å²) in [6, 6.07) is 1.66. The van der Waals surface area contributed by atoms with E-state index in [0.29, 0.717) is 5.56 Å². The van der Waals surface area contributed by atoms with Gasteiger partial charge in [-0.2, -0.15) is 8.42 Å². The van der Waals surface area contributed by atoms with Gasteiger partial charge in [0.05, 0.1) is 3.79 Å².